The predicted octanol–water partition coefficient (Wildman–Crippen LogP) is 1.87. The van der Waals surface area contributed by atoms with Gasteiger partial charge in [-0.1, -0.05) is 39.4 Å². The Hall–Kier alpha value is -1.29. The summed E-state index contributed by atoms with van der Waals surface area (Å²) in [5, 5.41) is 9.05. The number of rotatable bonds is 2. The number of hydrogen-bond acceptors (Lipinski definition) is 5. The Morgan fingerprint density at radius 1 is 1.26 bits per heavy atom. The van der Waals surface area contributed by atoms with Gasteiger partial charge in [0, 0.05) is 10.0 Å². The number of halogens is 1. The summed E-state index contributed by atoms with van der Waals surface area (Å²) in [4.78, 5) is 4.63. The molecule has 0 aliphatic heterocycles. The summed E-state index contributed by atoms with van der Waals surface area (Å²) in [5.41, 5.74) is 1.61. The maximum atomic E-state index is 11.3. The standard InChI is InChI=1S/C10H7BrN4O2S2/c11-7-3-1-6(2-4-7)8-5-13-9-15(8)14-10(18-9)19(12,16)17/h1-5H,(H2,12,16,17). The molecule has 2 heterocycles. The monoisotopic (exact) mass is 358 g/mol. The fourth-order valence-corrected chi connectivity index (χ4v) is 3.37. The van der Waals surface area contributed by atoms with Crippen LogP contribution in [0.3, 0.4) is 0 Å². The van der Waals surface area contributed by atoms with Gasteiger partial charge >= 0.3 is 0 Å². The van der Waals surface area contributed by atoms with Gasteiger partial charge < -0.3 is 0 Å². The van der Waals surface area contributed by atoms with Crippen LogP contribution in [0.1, 0.15) is 0 Å². The van der Waals surface area contributed by atoms with E-state index in [-0.39, 0.29) is 4.34 Å². The van der Waals surface area contributed by atoms with Crippen molar-refractivity contribution in [1.82, 2.24) is 14.6 Å². The third kappa shape index (κ3) is 2.29. The summed E-state index contributed by atoms with van der Waals surface area (Å²) in [6.07, 6.45) is 1.65. The number of primary sulfonamides is 1. The number of nitrogens with two attached hydrogens (primary N) is 1. The van der Waals surface area contributed by atoms with Gasteiger partial charge in [0.05, 0.1) is 11.9 Å². The highest BCUT2D eigenvalue weighted by Gasteiger charge is 2.18. The minimum absolute atomic E-state index is 0.144. The van der Waals surface area contributed by atoms with Crippen LogP contribution in [0, 0.1) is 0 Å². The molecule has 0 atom stereocenters. The number of aromatic nitrogens is 3. The van der Waals surface area contributed by atoms with E-state index in [9.17, 15) is 8.42 Å². The molecule has 2 N–H and O–H groups in total. The molecule has 0 spiro atoms. The second-order valence-corrected chi connectivity index (χ2v) is 7.36. The zero-order valence-electron chi connectivity index (χ0n) is 9.32. The molecule has 19 heavy (non-hydrogen) atoms. The van der Waals surface area contributed by atoms with Gasteiger partial charge in [0.2, 0.25) is 9.30 Å². The lowest BCUT2D eigenvalue weighted by atomic mass is 10.2. The Morgan fingerprint density at radius 2 is 1.95 bits per heavy atom. The van der Waals surface area contributed by atoms with Gasteiger partial charge in [-0.2, -0.15) is 0 Å². The number of nitrogens with zero attached hydrogens (tertiary/aromatic N) is 3. The van der Waals surface area contributed by atoms with Gasteiger partial charge in [-0.15, -0.1) is 5.10 Å². The third-order valence-electron chi connectivity index (χ3n) is 2.45. The highest BCUT2D eigenvalue weighted by molar-refractivity contribution is 9.10. The van der Waals surface area contributed by atoms with E-state index in [1.807, 2.05) is 24.3 Å². The second-order valence-electron chi connectivity index (χ2n) is 3.76. The fraction of sp³-hybridized carbons (Fsp3) is 0. The van der Waals surface area contributed by atoms with Crippen molar-refractivity contribution in [2.75, 3.05) is 0 Å². The summed E-state index contributed by atoms with van der Waals surface area (Å²) in [6, 6.07) is 7.57. The molecule has 98 valence electrons. The smallest absolute Gasteiger partial charge is 0.225 e. The first-order chi connectivity index (χ1) is 8.95. The highest BCUT2D eigenvalue weighted by Crippen LogP contribution is 2.26. The first-order valence-electron chi connectivity index (χ1n) is 5.08. The second kappa shape index (κ2) is 4.37. The van der Waals surface area contributed by atoms with Crippen molar-refractivity contribution in [1.29, 1.82) is 0 Å². The van der Waals surface area contributed by atoms with E-state index >= 15 is 0 Å². The van der Waals surface area contributed by atoms with E-state index in [1.54, 1.807) is 6.20 Å². The Bertz CT molecular complexity index is 851. The van der Waals surface area contributed by atoms with Crippen molar-refractivity contribution < 1.29 is 8.42 Å². The molecule has 6 nitrogen and oxygen atoms in total. The maximum Gasteiger partial charge on any atom is 0.267 e. The minimum atomic E-state index is -3.80. The zero-order chi connectivity index (χ0) is 13.6. The van der Waals surface area contributed by atoms with Gasteiger partial charge in [-0.05, 0) is 12.1 Å². The topological polar surface area (TPSA) is 90.4 Å². The fourth-order valence-electron chi connectivity index (χ4n) is 1.61. The Balaban J connectivity index is 2.20. The molecule has 0 unspecified atom stereocenters. The van der Waals surface area contributed by atoms with E-state index in [2.05, 4.69) is 26.0 Å². The highest BCUT2D eigenvalue weighted by atomic mass is 79.9. The van der Waals surface area contributed by atoms with Crippen molar-refractivity contribution >= 4 is 42.3 Å². The van der Waals surface area contributed by atoms with Crippen LogP contribution in [0.4, 0.5) is 0 Å². The van der Waals surface area contributed by atoms with Crippen LogP contribution in [0.15, 0.2) is 39.3 Å². The molecule has 3 aromatic rings. The number of benzene rings is 1. The lowest BCUT2D eigenvalue weighted by molar-refractivity contribution is 0.595. The van der Waals surface area contributed by atoms with Crippen molar-refractivity contribution in [3.05, 3.63) is 34.9 Å². The van der Waals surface area contributed by atoms with Crippen molar-refractivity contribution in [2.24, 2.45) is 5.14 Å². The Morgan fingerprint density at radius 3 is 2.58 bits per heavy atom. The van der Waals surface area contributed by atoms with Gasteiger partial charge in [0.1, 0.15) is 0 Å². The molecule has 3 rings (SSSR count). The van der Waals surface area contributed by atoms with E-state index < -0.39 is 10.0 Å². The lowest BCUT2D eigenvalue weighted by Gasteiger charge is -1.98. The summed E-state index contributed by atoms with van der Waals surface area (Å²) in [6.45, 7) is 0. The Labute approximate surface area is 121 Å². The molecule has 1 aromatic carbocycles. The Kier molecular flexibility index (Phi) is 2.93. The largest absolute Gasteiger partial charge is 0.267 e. The molecule has 0 saturated carbocycles. The van der Waals surface area contributed by atoms with Gasteiger partial charge in [-0.25, -0.2) is 23.1 Å². The lowest BCUT2D eigenvalue weighted by Crippen LogP contribution is -2.12. The van der Waals surface area contributed by atoms with Crippen LogP contribution in [-0.2, 0) is 10.0 Å². The molecule has 0 aliphatic rings. The van der Waals surface area contributed by atoms with Crippen molar-refractivity contribution in [3.8, 4) is 11.3 Å². The molecule has 0 fully saturated rings. The summed E-state index contributed by atoms with van der Waals surface area (Å²) in [5.74, 6) is 0. The number of fused-ring (bicyclic) bond motifs is 1. The van der Waals surface area contributed by atoms with Crippen molar-refractivity contribution in [2.45, 2.75) is 4.34 Å². The summed E-state index contributed by atoms with van der Waals surface area (Å²) < 4.78 is 24.8. The van der Waals surface area contributed by atoms with E-state index in [0.717, 1.165) is 21.4 Å². The first-order valence-corrected chi connectivity index (χ1v) is 8.24. The molecule has 0 saturated heterocycles. The molecule has 2 aromatic heterocycles. The molecule has 0 amide bonds. The maximum absolute atomic E-state index is 11.3. The van der Waals surface area contributed by atoms with Crippen LogP contribution in [0.25, 0.3) is 16.2 Å². The quantitative estimate of drug-likeness (QED) is 0.756. The average Bonchev–Trinajstić information content (AvgIpc) is 2.89. The van der Waals surface area contributed by atoms with Gasteiger partial charge in [0.15, 0.2) is 0 Å². The van der Waals surface area contributed by atoms with Crippen LogP contribution in [0.2, 0.25) is 0 Å². The van der Waals surface area contributed by atoms with Crippen LogP contribution >= 0.6 is 27.3 Å². The molecule has 0 aliphatic carbocycles. The van der Waals surface area contributed by atoms with Gasteiger partial charge in [0.25, 0.3) is 10.0 Å². The molecule has 0 radical (unpaired) electrons. The van der Waals surface area contributed by atoms with Crippen LogP contribution in [0.5, 0.6) is 0 Å². The number of sulfonamides is 1. The van der Waals surface area contributed by atoms with Gasteiger partial charge in [-0.3, -0.25) is 0 Å². The first kappa shape index (κ1) is 12.7. The number of hydrogen-bond donors (Lipinski definition) is 1. The average molecular weight is 359 g/mol. The number of imidazole rings is 1. The van der Waals surface area contributed by atoms with E-state index in [1.165, 1.54) is 4.52 Å². The van der Waals surface area contributed by atoms with Crippen molar-refractivity contribution in [3.63, 3.8) is 0 Å². The van der Waals surface area contributed by atoms with E-state index in [0.29, 0.717) is 10.7 Å². The zero-order valence-corrected chi connectivity index (χ0v) is 12.5. The predicted molar refractivity (Wildman–Crippen MR) is 75.4 cm³/mol. The van der Waals surface area contributed by atoms with Crippen LogP contribution < -0.4 is 5.14 Å². The molecular formula is C10H7BrN4O2S2. The molecular weight excluding hydrogens is 352 g/mol. The van der Waals surface area contributed by atoms with Crippen LogP contribution in [-0.4, -0.2) is 23.0 Å². The SMILES string of the molecule is NS(=O)(=O)c1nn2c(-c3ccc(Br)cc3)cnc2s1. The normalized spacial score (nSPS) is 12.1. The third-order valence-corrected chi connectivity index (χ3v) is 5.21. The molecule has 9 heteroatoms. The summed E-state index contributed by atoms with van der Waals surface area (Å²) >= 11 is 4.30. The minimum Gasteiger partial charge on any atom is -0.225 e. The van der Waals surface area contributed by atoms with E-state index in [4.69, 9.17) is 5.14 Å². The molecule has 0 bridgehead atoms. The summed E-state index contributed by atoms with van der Waals surface area (Å²) in [7, 11) is -3.80.